The van der Waals surface area contributed by atoms with E-state index in [0.29, 0.717) is 6.67 Å². The molecule has 9 aromatic rings. The number of hydrogen-bond donors (Lipinski definition) is 0. The SMILES string of the molecule is CC(C)(C)c1ccnc(-n2c3ccccc3c3ccc(Oc4cccc(N5CN(c6cc(C(C)(C)c7ccccc7)cc(C(C)(C)c7ccccc7)c6)c6ccc(C(C)(C)C)cc65)c4)cc32)c1. The number of aromatic nitrogens is 2. The molecule has 1 aliphatic heterocycles. The summed E-state index contributed by atoms with van der Waals surface area (Å²) < 4.78 is 9.12. The lowest BCUT2D eigenvalue weighted by atomic mass is 9.73. The number of nitrogens with zero attached hydrogens (tertiary/aromatic N) is 4. The maximum atomic E-state index is 6.85. The highest BCUT2D eigenvalue weighted by atomic mass is 16.5. The number of rotatable bonds is 9. The van der Waals surface area contributed by atoms with Gasteiger partial charge in [-0.1, -0.05) is 166 Å². The molecule has 0 radical (unpaired) electrons. The molecule has 5 heteroatoms. The summed E-state index contributed by atoms with van der Waals surface area (Å²) in [5.74, 6) is 2.44. The van der Waals surface area contributed by atoms with Crippen LogP contribution in [0.2, 0.25) is 0 Å². The Labute approximate surface area is 397 Å². The van der Waals surface area contributed by atoms with Crippen molar-refractivity contribution in [1.82, 2.24) is 9.55 Å². The zero-order chi connectivity index (χ0) is 46.9. The Morgan fingerprint density at radius 3 is 1.64 bits per heavy atom. The fourth-order valence-corrected chi connectivity index (χ4v) is 9.82. The number of hydrogen-bond acceptors (Lipinski definition) is 4. The summed E-state index contributed by atoms with van der Waals surface area (Å²) in [4.78, 5) is 9.85. The molecule has 0 saturated heterocycles. The molecule has 67 heavy (non-hydrogen) atoms. The van der Waals surface area contributed by atoms with Crippen LogP contribution in [-0.4, -0.2) is 16.2 Å². The van der Waals surface area contributed by atoms with Crippen molar-refractivity contribution in [3.05, 3.63) is 216 Å². The third-order valence-corrected chi connectivity index (χ3v) is 14.2. The Kier molecular flexibility index (Phi) is 10.7. The normalized spacial score (nSPS) is 13.4. The number of para-hydroxylation sites is 1. The number of benzene rings is 7. The molecule has 336 valence electrons. The van der Waals surface area contributed by atoms with E-state index in [9.17, 15) is 0 Å². The van der Waals surface area contributed by atoms with Crippen molar-refractivity contribution >= 4 is 44.6 Å². The topological polar surface area (TPSA) is 33.5 Å². The van der Waals surface area contributed by atoms with Gasteiger partial charge in [-0.25, -0.2) is 4.98 Å². The summed E-state index contributed by atoms with van der Waals surface area (Å²) in [6, 6.07) is 64.1. The molecule has 0 fully saturated rings. The average Bonchev–Trinajstić information content (AvgIpc) is 3.87. The maximum Gasteiger partial charge on any atom is 0.137 e. The second kappa shape index (κ2) is 16.3. The van der Waals surface area contributed by atoms with Gasteiger partial charge < -0.3 is 14.5 Å². The van der Waals surface area contributed by atoms with Crippen molar-refractivity contribution in [2.75, 3.05) is 16.5 Å². The standard InChI is InChI=1S/C62H62N4O/c1-59(2,3)44-28-31-55-57(37-44)64(41-65(55)49-35-46(61(7,8)42-20-13-11-14-21-42)34-47(36-49)62(9,10)43-22-15-12-16-23-43)48-24-19-25-50(39-48)67-51-29-30-53-52-26-17-18-27-54(52)66(56(53)40-51)58-38-45(32-33-63-58)60(4,5)6/h11-40H,41H2,1-10H3. The van der Waals surface area contributed by atoms with Crippen LogP contribution in [0.25, 0.3) is 27.6 Å². The lowest BCUT2D eigenvalue weighted by Gasteiger charge is -2.33. The van der Waals surface area contributed by atoms with E-state index >= 15 is 0 Å². The Morgan fingerprint density at radius 1 is 0.403 bits per heavy atom. The summed E-state index contributed by atoms with van der Waals surface area (Å²) in [5, 5.41) is 2.35. The summed E-state index contributed by atoms with van der Waals surface area (Å²) in [7, 11) is 0. The van der Waals surface area contributed by atoms with Gasteiger partial charge in [-0.15, -0.1) is 0 Å². The molecule has 1 aliphatic rings. The van der Waals surface area contributed by atoms with Crippen LogP contribution in [0.3, 0.4) is 0 Å². The highest BCUT2D eigenvalue weighted by molar-refractivity contribution is 6.09. The number of pyridine rings is 1. The first kappa shape index (κ1) is 43.8. The van der Waals surface area contributed by atoms with E-state index in [1.54, 1.807) is 0 Å². The second-order valence-corrected chi connectivity index (χ2v) is 21.5. The van der Waals surface area contributed by atoms with Crippen LogP contribution in [0.4, 0.5) is 22.7 Å². The summed E-state index contributed by atoms with van der Waals surface area (Å²) in [6.07, 6.45) is 1.93. The molecule has 0 atom stereocenters. The van der Waals surface area contributed by atoms with Crippen LogP contribution in [0.15, 0.2) is 182 Å². The Balaban J connectivity index is 1.06. The van der Waals surface area contributed by atoms with Gasteiger partial charge in [0.2, 0.25) is 0 Å². The van der Waals surface area contributed by atoms with E-state index in [1.165, 1.54) is 55.8 Å². The van der Waals surface area contributed by atoms with Gasteiger partial charge >= 0.3 is 0 Å². The number of anilines is 4. The lowest BCUT2D eigenvalue weighted by Crippen LogP contribution is -2.27. The van der Waals surface area contributed by atoms with Crippen LogP contribution in [0, 0.1) is 0 Å². The lowest BCUT2D eigenvalue weighted by molar-refractivity contribution is 0.483. The fourth-order valence-electron chi connectivity index (χ4n) is 9.82. The van der Waals surface area contributed by atoms with Crippen LogP contribution < -0.4 is 14.5 Å². The van der Waals surface area contributed by atoms with Crippen LogP contribution >= 0.6 is 0 Å². The highest BCUT2D eigenvalue weighted by Crippen LogP contribution is 2.49. The third-order valence-electron chi connectivity index (χ3n) is 14.2. The maximum absolute atomic E-state index is 6.85. The fraction of sp³-hybridized carbons (Fsp3) is 0.242. The first-order valence-corrected chi connectivity index (χ1v) is 23.7. The van der Waals surface area contributed by atoms with Gasteiger partial charge in [-0.2, -0.15) is 0 Å². The van der Waals surface area contributed by atoms with Crippen molar-refractivity contribution < 1.29 is 4.74 Å². The largest absolute Gasteiger partial charge is 0.457 e. The Bertz CT molecular complexity index is 3210. The first-order valence-electron chi connectivity index (χ1n) is 23.7. The monoisotopic (exact) mass is 878 g/mol. The predicted molar refractivity (Wildman–Crippen MR) is 282 cm³/mol. The highest BCUT2D eigenvalue weighted by Gasteiger charge is 2.34. The van der Waals surface area contributed by atoms with Crippen molar-refractivity contribution in [1.29, 1.82) is 0 Å². The predicted octanol–water partition coefficient (Wildman–Crippen LogP) is 16.5. The molecule has 7 aromatic carbocycles. The van der Waals surface area contributed by atoms with Crippen molar-refractivity contribution in [2.24, 2.45) is 0 Å². The third kappa shape index (κ3) is 8.05. The van der Waals surface area contributed by atoms with E-state index in [1.807, 2.05) is 6.20 Å². The zero-order valence-corrected chi connectivity index (χ0v) is 40.7. The molecule has 0 spiro atoms. The molecule has 0 bridgehead atoms. The summed E-state index contributed by atoms with van der Waals surface area (Å²) in [6.45, 7) is 23.7. The minimum Gasteiger partial charge on any atom is -0.457 e. The van der Waals surface area contributed by atoms with Gasteiger partial charge in [0.25, 0.3) is 0 Å². The van der Waals surface area contributed by atoms with E-state index in [0.717, 1.165) is 39.4 Å². The molecule has 3 heterocycles. The summed E-state index contributed by atoms with van der Waals surface area (Å²) in [5.41, 5.74) is 13.9. The van der Waals surface area contributed by atoms with Gasteiger partial charge in [-0.3, -0.25) is 4.57 Å². The van der Waals surface area contributed by atoms with Crippen molar-refractivity contribution in [3.8, 4) is 17.3 Å². The Hall–Kier alpha value is -7.11. The van der Waals surface area contributed by atoms with E-state index < -0.39 is 0 Å². The molecule has 0 N–H and O–H groups in total. The Morgan fingerprint density at radius 2 is 0.985 bits per heavy atom. The van der Waals surface area contributed by atoms with E-state index in [2.05, 4.69) is 260 Å². The van der Waals surface area contributed by atoms with Gasteiger partial charge in [-0.05, 0) is 111 Å². The van der Waals surface area contributed by atoms with Crippen molar-refractivity contribution in [2.45, 2.75) is 90.9 Å². The first-order chi connectivity index (χ1) is 32.0. The summed E-state index contributed by atoms with van der Waals surface area (Å²) >= 11 is 0. The van der Waals surface area contributed by atoms with Crippen LogP contribution in [0.1, 0.15) is 103 Å². The molecule has 0 amide bonds. The van der Waals surface area contributed by atoms with Crippen LogP contribution in [-0.2, 0) is 21.7 Å². The number of ether oxygens (including phenoxy) is 1. The van der Waals surface area contributed by atoms with Gasteiger partial charge in [0.15, 0.2) is 0 Å². The molecule has 5 nitrogen and oxygen atoms in total. The molecular formula is C62H62N4O. The minimum absolute atomic E-state index is 0.0114. The second-order valence-electron chi connectivity index (χ2n) is 21.5. The average molecular weight is 879 g/mol. The van der Waals surface area contributed by atoms with Crippen molar-refractivity contribution in [3.63, 3.8) is 0 Å². The van der Waals surface area contributed by atoms with E-state index in [4.69, 9.17) is 9.72 Å². The number of fused-ring (bicyclic) bond motifs is 4. The van der Waals surface area contributed by atoms with E-state index in [-0.39, 0.29) is 21.7 Å². The van der Waals surface area contributed by atoms with Gasteiger partial charge in [0.05, 0.1) is 22.4 Å². The quantitative estimate of drug-likeness (QED) is 0.145. The molecule has 2 aromatic heterocycles. The molecule has 0 saturated carbocycles. The molecule has 0 unspecified atom stereocenters. The smallest absolute Gasteiger partial charge is 0.137 e. The van der Waals surface area contributed by atoms with Crippen LogP contribution in [0.5, 0.6) is 11.5 Å². The van der Waals surface area contributed by atoms with Gasteiger partial charge in [0, 0.05) is 51.3 Å². The molecular weight excluding hydrogens is 817 g/mol. The minimum atomic E-state index is -0.243. The molecule has 0 aliphatic carbocycles. The zero-order valence-electron chi connectivity index (χ0n) is 40.7. The van der Waals surface area contributed by atoms with Gasteiger partial charge in [0.1, 0.15) is 24.0 Å². The molecule has 10 rings (SSSR count).